The van der Waals surface area contributed by atoms with Crippen molar-refractivity contribution in [2.45, 2.75) is 6.92 Å². The van der Waals surface area contributed by atoms with E-state index in [2.05, 4.69) is 6.58 Å². The predicted octanol–water partition coefficient (Wildman–Crippen LogP) is 2.41. The van der Waals surface area contributed by atoms with Crippen LogP contribution in [0.2, 0.25) is 0 Å². The summed E-state index contributed by atoms with van der Waals surface area (Å²) in [5.41, 5.74) is 1.85. The Labute approximate surface area is 101 Å². The molecule has 17 heavy (non-hydrogen) atoms. The van der Waals surface area contributed by atoms with Crippen LogP contribution in [0.5, 0.6) is 5.75 Å². The number of nitrogens with zero attached hydrogens (tertiary/aromatic N) is 1. The molecule has 1 rings (SSSR count). The fourth-order valence-corrected chi connectivity index (χ4v) is 1.63. The maximum atomic E-state index is 11.1. The second-order valence-corrected chi connectivity index (χ2v) is 4.00. The minimum absolute atomic E-state index is 0.259. The quantitative estimate of drug-likeness (QED) is 0.796. The Morgan fingerprint density at radius 3 is 2.65 bits per heavy atom. The first-order valence-corrected chi connectivity index (χ1v) is 5.22. The van der Waals surface area contributed by atoms with Crippen LogP contribution in [0.1, 0.15) is 17.3 Å². The molecule has 0 radical (unpaired) electrons. The van der Waals surface area contributed by atoms with Crippen molar-refractivity contribution in [3.05, 3.63) is 35.9 Å². The Morgan fingerprint density at radius 2 is 2.18 bits per heavy atom. The van der Waals surface area contributed by atoms with Gasteiger partial charge in [-0.25, -0.2) is 4.79 Å². The fourth-order valence-electron chi connectivity index (χ4n) is 1.63. The largest absolute Gasteiger partial charge is 0.497 e. The van der Waals surface area contributed by atoms with Crippen molar-refractivity contribution in [2.24, 2.45) is 0 Å². The lowest BCUT2D eigenvalue weighted by molar-refractivity contribution is 0.0697. The molecule has 0 aliphatic heterocycles. The van der Waals surface area contributed by atoms with E-state index < -0.39 is 5.97 Å². The molecule has 0 fully saturated rings. The standard InChI is InChI=1S/C13H17NO3/c1-9(2)8-14(3)12-7-10(17-4)5-6-11(12)13(15)16/h5-7H,1,8H2,2-4H3,(H,15,16). The summed E-state index contributed by atoms with van der Waals surface area (Å²) < 4.78 is 5.10. The average Bonchev–Trinajstić information content (AvgIpc) is 2.27. The number of likely N-dealkylation sites (N-methyl/N-ethyl adjacent to an activating group) is 1. The van der Waals surface area contributed by atoms with E-state index >= 15 is 0 Å². The van der Waals surface area contributed by atoms with Crippen LogP contribution in [0.4, 0.5) is 5.69 Å². The number of benzene rings is 1. The SMILES string of the molecule is C=C(C)CN(C)c1cc(OC)ccc1C(=O)O. The van der Waals surface area contributed by atoms with E-state index in [9.17, 15) is 4.79 Å². The Hall–Kier alpha value is -1.97. The van der Waals surface area contributed by atoms with Crippen LogP contribution in [0.15, 0.2) is 30.4 Å². The van der Waals surface area contributed by atoms with Crippen molar-refractivity contribution >= 4 is 11.7 Å². The number of methoxy groups -OCH3 is 1. The molecular weight excluding hydrogens is 218 g/mol. The van der Waals surface area contributed by atoms with Crippen LogP contribution in [0.3, 0.4) is 0 Å². The highest BCUT2D eigenvalue weighted by atomic mass is 16.5. The molecule has 1 N–H and O–H groups in total. The Balaban J connectivity index is 3.16. The van der Waals surface area contributed by atoms with Crippen molar-refractivity contribution in [3.63, 3.8) is 0 Å². The molecule has 4 heteroatoms. The molecule has 0 amide bonds. The molecule has 0 heterocycles. The first-order valence-electron chi connectivity index (χ1n) is 5.22. The average molecular weight is 235 g/mol. The van der Waals surface area contributed by atoms with Crippen molar-refractivity contribution in [3.8, 4) is 5.75 Å². The number of ether oxygens (including phenoxy) is 1. The summed E-state index contributed by atoms with van der Waals surface area (Å²) in [6, 6.07) is 4.90. The summed E-state index contributed by atoms with van der Waals surface area (Å²) in [6.45, 7) is 6.32. The smallest absolute Gasteiger partial charge is 0.337 e. The normalized spacial score (nSPS) is 9.82. The third-order valence-electron chi connectivity index (χ3n) is 2.35. The summed E-state index contributed by atoms with van der Waals surface area (Å²) in [5, 5.41) is 9.12. The van der Waals surface area contributed by atoms with Crippen LogP contribution in [0, 0.1) is 0 Å². The van der Waals surface area contributed by atoms with Gasteiger partial charge in [-0.05, 0) is 19.1 Å². The number of hydrogen-bond donors (Lipinski definition) is 1. The van der Waals surface area contributed by atoms with E-state index in [-0.39, 0.29) is 5.56 Å². The van der Waals surface area contributed by atoms with Crippen LogP contribution in [-0.2, 0) is 0 Å². The van der Waals surface area contributed by atoms with Crippen molar-refractivity contribution in [1.29, 1.82) is 0 Å². The van der Waals surface area contributed by atoms with Gasteiger partial charge in [-0.3, -0.25) is 0 Å². The second-order valence-electron chi connectivity index (χ2n) is 4.00. The molecule has 92 valence electrons. The van der Waals surface area contributed by atoms with Crippen LogP contribution in [0.25, 0.3) is 0 Å². The molecule has 0 saturated carbocycles. The molecule has 0 saturated heterocycles. The lowest BCUT2D eigenvalue weighted by Crippen LogP contribution is -2.21. The summed E-state index contributed by atoms with van der Waals surface area (Å²) in [5.74, 6) is -0.310. The van der Waals surface area contributed by atoms with E-state index in [1.165, 1.54) is 0 Å². The van der Waals surface area contributed by atoms with E-state index in [0.717, 1.165) is 5.57 Å². The zero-order valence-corrected chi connectivity index (χ0v) is 10.4. The number of aromatic carboxylic acids is 1. The van der Waals surface area contributed by atoms with Gasteiger partial charge in [0.2, 0.25) is 0 Å². The maximum absolute atomic E-state index is 11.1. The summed E-state index contributed by atoms with van der Waals surface area (Å²) in [7, 11) is 3.38. The van der Waals surface area contributed by atoms with Crippen molar-refractivity contribution in [2.75, 3.05) is 25.6 Å². The van der Waals surface area contributed by atoms with Gasteiger partial charge in [0, 0.05) is 19.7 Å². The number of carboxylic acids is 1. The van der Waals surface area contributed by atoms with Gasteiger partial charge in [0.1, 0.15) is 5.75 Å². The molecular formula is C13H17NO3. The minimum Gasteiger partial charge on any atom is -0.497 e. The predicted molar refractivity (Wildman–Crippen MR) is 68.0 cm³/mol. The molecule has 0 aromatic heterocycles. The van der Waals surface area contributed by atoms with Gasteiger partial charge in [-0.15, -0.1) is 0 Å². The highest BCUT2D eigenvalue weighted by molar-refractivity contribution is 5.94. The van der Waals surface area contributed by atoms with E-state index in [4.69, 9.17) is 9.84 Å². The third-order valence-corrected chi connectivity index (χ3v) is 2.35. The first kappa shape index (κ1) is 13.1. The van der Waals surface area contributed by atoms with Gasteiger partial charge in [0.15, 0.2) is 0 Å². The number of hydrogen-bond acceptors (Lipinski definition) is 3. The first-order chi connectivity index (χ1) is 7.95. The topological polar surface area (TPSA) is 49.8 Å². The van der Waals surface area contributed by atoms with Crippen LogP contribution in [-0.4, -0.2) is 31.8 Å². The molecule has 1 aromatic carbocycles. The molecule has 0 aliphatic rings. The Bertz CT molecular complexity index is 440. The zero-order chi connectivity index (χ0) is 13.0. The number of anilines is 1. The number of carbonyl (C=O) groups is 1. The van der Waals surface area contributed by atoms with Gasteiger partial charge in [0.25, 0.3) is 0 Å². The molecule has 0 unspecified atom stereocenters. The molecule has 4 nitrogen and oxygen atoms in total. The van der Waals surface area contributed by atoms with Crippen molar-refractivity contribution < 1.29 is 14.6 Å². The monoisotopic (exact) mass is 235 g/mol. The van der Waals surface area contributed by atoms with Crippen LogP contribution < -0.4 is 9.64 Å². The number of rotatable bonds is 5. The zero-order valence-electron chi connectivity index (χ0n) is 10.4. The second kappa shape index (κ2) is 5.39. The Morgan fingerprint density at radius 1 is 1.53 bits per heavy atom. The van der Waals surface area contributed by atoms with Gasteiger partial charge in [-0.2, -0.15) is 0 Å². The van der Waals surface area contributed by atoms with Gasteiger partial charge < -0.3 is 14.7 Å². The molecule has 0 spiro atoms. The maximum Gasteiger partial charge on any atom is 0.337 e. The van der Waals surface area contributed by atoms with Crippen molar-refractivity contribution in [1.82, 2.24) is 0 Å². The fraction of sp³-hybridized carbons (Fsp3) is 0.308. The van der Waals surface area contributed by atoms with Crippen LogP contribution >= 0.6 is 0 Å². The van der Waals surface area contributed by atoms with E-state index in [0.29, 0.717) is 18.0 Å². The lowest BCUT2D eigenvalue weighted by atomic mass is 10.1. The van der Waals surface area contributed by atoms with Gasteiger partial charge in [0.05, 0.1) is 18.4 Å². The van der Waals surface area contributed by atoms with Gasteiger partial charge in [-0.1, -0.05) is 12.2 Å². The summed E-state index contributed by atoms with van der Waals surface area (Å²) >= 11 is 0. The summed E-state index contributed by atoms with van der Waals surface area (Å²) in [6.07, 6.45) is 0. The minimum atomic E-state index is -0.948. The highest BCUT2D eigenvalue weighted by Gasteiger charge is 2.14. The molecule has 1 aromatic rings. The van der Waals surface area contributed by atoms with Gasteiger partial charge >= 0.3 is 5.97 Å². The van der Waals surface area contributed by atoms with E-state index in [1.807, 2.05) is 18.9 Å². The molecule has 0 atom stereocenters. The molecule has 0 bridgehead atoms. The van der Waals surface area contributed by atoms with E-state index in [1.54, 1.807) is 25.3 Å². The number of carboxylic acid groups (broad SMARTS) is 1. The lowest BCUT2D eigenvalue weighted by Gasteiger charge is -2.21. The Kier molecular flexibility index (Phi) is 4.15. The molecule has 0 aliphatic carbocycles. The third kappa shape index (κ3) is 3.24. The summed E-state index contributed by atoms with van der Waals surface area (Å²) in [4.78, 5) is 13.0. The highest BCUT2D eigenvalue weighted by Crippen LogP contribution is 2.25.